The second-order valence-electron chi connectivity index (χ2n) is 5.91. The molecule has 1 aliphatic rings. The Morgan fingerprint density at radius 2 is 1.65 bits per heavy atom. The van der Waals surface area contributed by atoms with Gasteiger partial charge in [-0.1, -0.05) is 0 Å². The Labute approximate surface area is 148 Å². The van der Waals surface area contributed by atoms with Gasteiger partial charge < -0.3 is 20.3 Å². The zero-order valence-electron chi connectivity index (χ0n) is 13.6. The van der Waals surface area contributed by atoms with Crippen molar-refractivity contribution in [1.82, 2.24) is 4.90 Å². The fourth-order valence-corrected chi connectivity index (χ4v) is 2.74. The number of likely N-dealkylation sites (tertiary alicyclic amines) is 1. The van der Waals surface area contributed by atoms with Crippen molar-refractivity contribution in [3.63, 3.8) is 0 Å². The highest BCUT2D eigenvalue weighted by Crippen LogP contribution is 2.24. The number of ether oxygens (including phenoxy) is 1. The van der Waals surface area contributed by atoms with Crippen LogP contribution in [0, 0.1) is 5.82 Å². The summed E-state index contributed by atoms with van der Waals surface area (Å²) in [6.45, 7) is -0.0854. The maximum Gasteiger partial charge on any atom is 0.408 e. The molecule has 2 unspecified atom stereocenters. The maximum atomic E-state index is 12.9. The third kappa shape index (κ3) is 4.09. The van der Waals surface area contributed by atoms with Crippen LogP contribution in [0.15, 0.2) is 48.5 Å². The van der Waals surface area contributed by atoms with Crippen molar-refractivity contribution in [3.8, 4) is 11.5 Å². The smallest absolute Gasteiger partial charge is 0.408 e. The normalized spacial score (nSPS) is 19.2. The van der Waals surface area contributed by atoms with Crippen molar-refractivity contribution in [2.75, 3.05) is 11.9 Å². The first kappa shape index (κ1) is 17.7. The lowest BCUT2D eigenvalue weighted by Crippen LogP contribution is -2.42. The molecule has 136 valence electrons. The number of halogens is 1. The van der Waals surface area contributed by atoms with E-state index < -0.39 is 24.1 Å². The van der Waals surface area contributed by atoms with Gasteiger partial charge in [0.1, 0.15) is 23.4 Å². The first-order chi connectivity index (χ1) is 12.4. The molecule has 2 atom stereocenters. The van der Waals surface area contributed by atoms with Crippen molar-refractivity contribution in [3.05, 3.63) is 54.3 Å². The molecule has 0 spiro atoms. The van der Waals surface area contributed by atoms with Crippen molar-refractivity contribution in [2.24, 2.45) is 0 Å². The zero-order chi connectivity index (χ0) is 18.7. The number of amides is 2. The third-order valence-electron chi connectivity index (χ3n) is 4.00. The molecule has 7 nitrogen and oxygen atoms in total. The molecule has 3 N–H and O–H groups in total. The van der Waals surface area contributed by atoms with E-state index in [1.54, 1.807) is 24.3 Å². The Morgan fingerprint density at radius 3 is 2.23 bits per heavy atom. The number of nitrogens with zero attached hydrogens (tertiary/aromatic N) is 1. The van der Waals surface area contributed by atoms with Gasteiger partial charge in [0.15, 0.2) is 0 Å². The van der Waals surface area contributed by atoms with Gasteiger partial charge in [-0.05, 0) is 48.5 Å². The molecule has 2 aromatic carbocycles. The third-order valence-corrected chi connectivity index (χ3v) is 4.00. The molecule has 0 aliphatic carbocycles. The predicted molar refractivity (Wildman–Crippen MR) is 90.7 cm³/mol. The minimum absolute atomic E-state index is 0.0594. The second-order valence-corrected chi connectivity index (χ2v) is 5.91. The fourth-order valence-electron chi connectivity index (χ4n) is 2.74. The number of hydrogen-bond donors (Lipinski definition) is 3. The number of aliphatic hydroxyl groups excluding tert-OH is 1. The summed E-state index contributed by atoms with van der Waals surface area (Å²) >= 11 is 0. The van der Waals surface area contributed by atoms with Gasteiger partial charge in [-0.15, -0.1) is 0 Å². The topological polar surface area (TPSA) is 99.1 Å². The van der Waals surface area contributed by atoms with Gasteiger partial charge in [0.25, 0.3) is 0 Å². The van der Waals surface area contributed by atoms with E-state index in [9.17, 15) is 19.1 Å². The summed E-state index contributed by atoms with van der Waals surface area (Å²) in [5, 5.41) is 21.3. The molecule has 0 radical (unpaired) electrons. The highest BCUT2D eigenvalue weighted by atomic mass is 19.1. The molecule has 0 aromatic heterocycles. The molecule has 0 bridgehead atoms. The average Bonchev–Trinajstić information content (AvgIpc) is 3.01. The standard InChI is InChI=1S/C18H17FN2O5/c19-11-1-5-14(6-2-11)26-15-7-3-12(4-8-15)20-17(23)16-9-13(22)10-21(16)18(24)25/h1-8,13,16,22H,9-10H2,(H,20,23)(H,24,25). The molecule has 0 saturated carbocycles. The van der Waals surface area contributed by atoms with E-state index in [-0.39, 0.29) is 18.8 Å². The van der Waals surface area contributed by atoms with Crippen LogP contribution in [0.25, 0.3) is 0 Å². The van der Waals surface area contributed by atoms with Gasteiger partial charge in [0, 0.05) is 12.1 Å². The molecule has 1 fully saturated rings. The maximum absolute atomic E-state index is 12.9. The molecule has 3 rings (SSSR count). The first-order valence-electron chi connectivity index (χ1n) is 7.94. The lowest BCUT2D eigenvalue weighted by molar-refractivity contribution is -0.120. The number of carbonyl (C=O) groups excluding carboxylic acids is 1. The fraction of sp³-hybridized carbons (Fsp3) is 0.222. The first-order valence-corrected chi connectivity index (χ1v) is 7.94. The second kappa shape index (κ2) is 7.40. The molecule has 1 heterocycles. The van der Waals surface area contributed by atoms with Gasteiger partial charge in [-0.25, -0.2) is 9.18 Å². The number of hydrogen-bond acceptors (Lipinski definition) is 4. The summed E-state index contributed by atoms with van der Waals surface area (Å²) < 4.78 is 18.4. The Bertz CT molecular complexity index is 794. The van der Waals surface area contributed by atoms with Crippen molar-refractivity contribution >= 4 is 17.7 Å². The number of nitrogens with one attached hydrogen (secondary N) is 1. The average molecular weight is 360 g/mol. The summed E-state index contributed by atoms with van der Waals surface area (Å²) in [5.41, 5.74) is 0.466. The van der Waals surface area contributed by atoms with E-state index in [0.29, 0.717) is 17.2 Å². The van der Waals surface area contributed by atoms with E-state index in [0.717, 1.165) is 4.90 Å². The Kier molecular flexibility index (Phi) is 5.04. The molecule has 1 saturated heterocycles. The summed E-state index contributed by atoms with van der Waals surface area (Å²) in [6, 6.07) is 11.1. The van der Waals surface area contributed by atoms with Gasteiger partial charge >= 0.3 is 6.09 Å². The molecular weight excluding hydrogens is 343 g/mol. The summed E-state index contributed by atoms with van der Waals surface area (Å²) in [7, 11) is 0. The minimum atomic E-state index is -1.25. The van der Waals surface area contributed by atoms with E-state index in [1.165, 1.54) is 24.3 Å². The summed E-state index contributed by atoms with van der Waals surface area (Å²) in [5.74, 6) is 0.109. The molecular formula is C18H17FN2O5. The van der Waals surface area contributed by atoms with Crippen molar-refractivity contribution < 1.29 is 28.9 Å². The molecule has 1 aliphatic heterocycles. The predicted octanol–water partition coefficient (Wildman–Crippen LogP) is 2.67. The molecule has 2 amide bonds. The highest BCUT2D eigenvalue weighted by Gasteiger charge is 2.38. The lowest BCUT2D eigenvalue weighted by Gasteiger charge is -2.20. The van der Waals surface area contributed by atoms with Crippen LogP contribution < -0.4 is 10.1 Å². The monoisotopic (exact) mass is 360 g/mol. The zero-order valence-corrected chi connectivity index (χ0v) is 13.6. The van der Waals surface area contributed by atoms with Crippen LogP contribution in [0.2, 0.25) is 0 Å². The molecule has 8 heteroatoms. The number of β-amino-alcohol motifs (C(OH)–C–C–N with tert-alkyl or cyclic N) is 1. The van der Waals surface area contributed by atoms with E-state index in [4.69, 9.17) is 9.84 Å². The van der Waals surface area contributed by atoms with Crippen LogP contribution in [-0.2, 0) is 4.79 Å². The van der Waals surface area contributed by atoms with Crippen LogP contribution in [0.4, 0.5) is 14.9 Å². The van der Waals surface area contributed by atoms with Gasteiger partial charge in [0.2, 0.25) is 5.91 Å². The number of anilines is 1. The van der Waals surface area contributed by atoms with Gasteiger partial charge in [0.05, 0.1) is 12.6 Å². The van der Waals surface area contributed by atoms with Crippen LogP contribution in [0.1, 0.15) is 6.42 Å². The van der Waals surface area contributed by atoms with E-state index >= 15 is 0 Å². The molecule has 2 aromatic rings. The Hall–Kier alpha value is -3.13. The minimum Gasteiger partial charge on any atom is -0.465 e. The number of carboxylic acid groups (broad SMARTS) is 1. The number of aliphatic hydroxyl groups is 1. The quantitative estimate of drug-likeness (QED) is 0.779. The Balaban J connectivity index is 1.62. The summed E-state index contributed by atoms with van der Waals surface area (Å²) in [6.07, 6.45) is -2.04. The highest BCUT2D eigenvalue weighted by molar-refractivity contribution is 5.96. The van der Waals surface area contributed by atoms with Crippen molar-refractivity contribution in [1.29, 1.82) is 0 Å². The summed E-state index contributed by atoms with van der Waals surface area (Å²) in [4.78, 5) is 24.4. The van der Waals surface area contributed by atoms with E-state index in [1.807, 2.05) is 0 Å². The van der Waals surface area contributed by atoms with Crippen LogP contribution in [0.5, 0.6) is 11.5 Å². The number of carbonyl (C=O) groups is 2. The number of benzene rings is 2. The Morgan fingerprint density at radius 1 is 1.08 bits per heavy atom. The molecule has 26 heavy (non-hydrogen) atoms. The lowest BCUT2D eigenvalue weighted by atomic mass is 10.2. The van der Waals surface area contributed by atoms with Gasteiger partial charge in [-0.3, -0.25) is 9.69 Å². The SMILES string of the molecule is O=C(Nc1ccc(Oc2ccc(F)cc2)cc1)C1CC(O)CN1C(=O)O. The number of rotatable bonds is 4. The van der Waals surface area contributed by atoms with Gasteiger partial charge in [-0.2, -0.15) is 0 Å². The van der Waals surface area contributed by atoms with Crippen LogP contribution in [0.3, 0.4) is 0 Å². The largest absolute Gasteiger partial charge is 0.465 e. The van der Waals surface area contributed by atoms with Crippen molar-refractivity contribution in [2.45, 2.75) is 18.6 Å². The van der Waals surface area contributed by atoms with E-state index in [2.05, 4.69) is 5.32 Å². The van der Waals surface area contributed by atoms with Crippen LogP contribution in [-0.4, -0.2) is 45.8 Å². The van der Waals surface area contributed by atoms with Crippen LogP contribution >= 0.6 is 0 Å².